The van der Waals surface area contributed by atoms with E-state index >= 15 is 0 Å². The summed E-state index contributed by atoms with van der Waals surface area (Å²) in [6, 6.07) is 15.8. The molecule has 0 N–H and O–H groups in total. The maximum Gasteiger partial charge on any atom is 0.0343 e. The number of hydrogen-bond donors (Lipinski definition) is 0. The highest BCUT2D eigenvalue weighted by Gasteiger charge is 2.58. The number of allylic oxidation sites excluding steroid dienone is 4. The third-order valence-electron chi connectivity index (χ3n) is 9.82. The topological polar surface area (TPSA) is 12.9 Å². The third-order valence-corrected chi connectivity index (χ3v) is 9.82. The Balaban J connectivity index is 1.40. The van der Waals surface area contributed by atoms with Crippen molar-refractivity contribution in [2.75, 3.05) is 0 Å². The van der Waals surface area contributed by atoms with E-state index in [1.165, 1.54) is 50.5 Å². The zero-order valence-corrected chi connectivity index (χ0v) is 19.1. The first-order chi connectivity index (χ1) is 15.1. The number of hydrogen-bond acceptors (Lipinski definition) is 1. The Hall–Kier alpha value is -2.15. The summed E-state index contributed by atoms with van der Waals surface area (Å²) in [7, 11) is 0. The predicted molar refractivity (Wildman–Crippen MR) is 128 cm³/mol. The highest BCUT2D eigenvalue weighted by Crippen LogP contribution is 2.68. The fraction of sp³-hybridized carbons (Fsp3) is 0.500. The van der Waals surface area contributed by atoms with Crippen LogP contribution in [-0.4, -0.2) is 4.98 Å². The summed E-state index contributed by atoms with van der Waals surface area (Å²) in [5.74, 6) is 3.04. The summed E-state index contributed by atoms with van der Waals surface area (Å²) >= 11 is 0. The van der Waals surface area contributed by atoms with E-state index in [-0.39, 0.29) is 0 Å². The Morgan fingerprint density at radius 3 is 2.58 bits per heavy atom. The van der Waals surface area contributed by atoms with Crippen molar-refractivity contribution in [1.82, 2.24) is 4.98 Å². The predicted octanol–water partition coefficient (Wildman–Crippen LogP) is 7.82. The lowest BCUT2D eigenvalue weighted by atomic mass is 9.44. The van der Waals surface area contributed by atoms with E-state index in [9.17, 15) is 0 Å². The molecule has 1 aromatic heterocycles. The molecule has 31 heavy (non-hydrogen) atoms. The first-order valence-electron chi connectivity index (χ1n) is 12.5. The Labute approximate surface area is 187 Å². The second kappa shape index (κ2) is 7.19. The van der Waals surface area contributed by atoms with Gasteiger partial charge < -0.3 is 0 Å². The monoisotopic (exact) mass is 409 g/mol. The molecule has 0 saturated heterocycles. The molecule has 4 aliphatic carbocycles. The lowest BCUT2D eigenvalue weighted by molar-refractivity contribution is -0.0278. The van der Waals surface area contributed by atoms with E-state index in [2.05, 4.69) is 79.6 Å². The molecule has 6 atom stereocenters. The Kier molecular flexibility index (Phi) is 4.53. The lowest BCUT2D eigenvalue weighted by Crippen LogP contribution is -2.51. The Morgan fingerprint density at radius 2 is 1.77 bits per heavy atom. The number of rotatable bonds is 2. The van der Waals surface area contributed by atoms with Crippen molar-refractivity contribution in [2.45, 2.75) is 64.7 Å². The minimum atomic E-state index is 0.303. The molecule has 1 nitrogen and oxygen atoms in total. The standard InChI is InChI=1S/C30H35N/c1-29-16-7-6-12-26(29)23(21-9-4-3-5-10-21)19-24-27-14-13-25(22-11-8-18-31-20-22)30(27,2)17-15-28(24)29/h3-5,8-13,18,20,23-24,27-28H,6-7,14-17,19H2,1-2H3. The summed E-state index contributed by atoms with van der Waals surface area (Å²) in [5.41, 5.74) is 6.96. The van der Waals surface area contributed by atoms with E-state index in [4.69, 9.17) is 0 Å². The number of fused-ring (bicyclic) bond motifs is 5. The van der Waals surface area contributed by atoms with Crippen LogP contribution in [0.5, 0.6) is 0 Å². The first kappa shape index (κ1) is 19.5. The summed E-state index contributed by atoms with van der Waals surface area (Å²) < 4.78 is 0. The van der Waals surface area contributed by atoms with Crippen molar-refractivity contribution in [2.24, 2.45) is 28.6 Å². The second-order valence-electron chi connectivity index (χ2n) is 11.1. The van der Waals surface area contributed by atoms with Gasteiger partial charge in [0.15, 0.2) is 0 Å². The normalized spacial score (nSPS) is 39.0. The van der Waals surface area contributed by atoms with E-state index in [1.807, 2.05) is 6.20 Å². The molecule has 0 radical (unpaired) electrons. The Morgan fingerprint density at radius 1 is 0.903 bits per heavy atom. The van der Waals surface area contributed by atoms with Crippen molar-refractivity contribution >= 4 is 5.57 Å². The van der Waals surface area contributed by atoms with Gasteiger partial charge in [0.1, 0.15) is 0 Å². The smallest absolute Gasteiger partial charge is 0.0343 e. The minimum absolute atomic E-state index is 0.303. The molecular weight excluding hydrogens is 374 g/mol. The zero-order chi connectivity index (χ0) is 21.1. The lowest BCUT2D eigenvalue weighted by Gasteiger charge is -2.60. The molecule has 1 heteroatoms. The highest BCUT2D eigenvalue weighted by molar-refractivity contribution is 5.72. The van der Waals surface area contributed by atoms with Crippen LogP contribution in [0.4, 0.5) is 0 Å². The van der Waals surface area contributed by atoms with Gasteiger partial charge in [0.2, 0.25) is 0 Å². The molecule has 2 saturated carbocycles. The summed E-state index contributed by atoms with van der Waals surface area (Å²) in [6.07, 6.45) is 18.5. The molecule has 2 aromatic rings. The van der Waals surface area contributed by atoms with Gasteiger partial charge >= 0.3 is 0 Å². The minimum Gasteiger partial charge on any atom is -0.264 e. The van der Waals surface area contributed by atoms with Gasteiger partial charge in [0.25, 0.3) is 0 Å². The fourth-order valence-corrected chi connectivity index (χ4v) is 8.39. The SMILES string of the molecule is CC12CCC3C(CC(c4ccccc4)C4=CCCCC43C)C1CC=C2c1cccnc1. The van der Waals surface area contributed by atoms with Crippen molar-refractivity contribution in [1.29, 1.82) is 0 Å². The van der Waals surface area contributed by atoms with Gasteiger partial charge in [-0.1, -0.05) is 68.0 Å². The molecule has 4 aliphatic rings. The van der Waals surface area contributed by atoms with Crippen molar-refractivity contribution in [3.05, 3.63) is 83.7 Å². The molecule has 0 spiro atoms. The Bertz CT molecular complexity index is 1020. The van der Waals surface area contributed by atoms with Crippen molar-refractivity contribution in [3.63, 3.8) is 0 Å². The molecule has 0 aliphatic heterocycles. The van der Waals surface area contributed by atoms with Crippen LogP contribution < -0.4 is 0 Å². The van der Waals surface area contributed by atoms with Crippen LogP contribution in [0.25, 0.3) is 5.57 Å². The van der Waals surface area contributed by atoms with Crippen LogP contribution in [-0.2, 0) is 0 Å². The van der Waals surface area contributed by atoms with Crippen LogP contribution in [0, 0.1) is 28.6 Å². The molecule has 1 aromatic carbocycles. The van der Waals surface area contributed by atoms with Gasteiger partial charge in [0.05, 0.1) is 0 Å². The van der Waals surface area contributed by atoms with E-state index in [0.29, 0.717) is 16.7 Å². The van der Waals surface area contributed by atoms with Crippen molar-refractivity contribution in [3.8, 4) is 0 Å². The quantitative estimate of drug-likeness (QED) is 0.461. The van der Waals surface area contributed by atoms with Crippen LogP contribution in [0.2, 0.25) is 0 Å². The highest BCUT2D eigenvalue weighted by atomic mass is 14.6. The van der Waals surface area contributed by atoms with E-state index < -0.39 is 0 Å². The maximum absolute atomic E-state index is 4.45. The molecular formula is C30H35N. The second-order valence-corrected chi connectivity index (χ2v) is 11.1. The number of nitrogens with zero attached hydrogens (tertiary/aromatic N) is 1. The van der Waals surface area contributed by atoms with Gasteiger partial charge in [-0.25, -0.2) is 0 Å². The molecule has 1 heterocycles. The third kappa shape index (κ3) is 2.85. The van der Waals surface area contributed by atoms with Crippen LogP contribution in [0.1, 0.15) is 75.8 Å². The molecule has 6 unspecified atom stereocenters. The van der Waals surface area contributed by atoms with Gasteiger partial charge in [-0.2, -0.15) is 0 Å². The molecule has 0 amide bonds. The summed E-state index contributed by atoms with van der Waals surface area (Å²) in [6.45, 7) is 5.21. The van der Waals surface area contributed by atoms with Gasteiger partial charge in [0, 0.05) is 18.3 Å². The van der Waals surface area contributed by atoms with E-state index in [1.54, 1.807) is 16.7 Å². The summed E-state index contributed by atoms with van der Waals surface area (Å²) in [5, 5.41) is 0. The maximum atomic E-state index is 4.45. The van der Waals surface area contributed by atoms with Crippen LogP contribution in [0.15, 0.2) is 72.6 Å². The van der Waals surface area contributed by atoms with Gasteiger partial charge in [-0.3, -0.25) is 4.98 Å². The average molecular weight is 410 g/mol. The van der Waals surface area contributed by atoms with E-state index in [0.717, 1.165) is 17.8 Å². The molecule has 160 valence electrons. The number of pyridine rings is 1. The van der Waals surface area contributed by atoms with Crippen molar-refractivity contribution < 1.29 is 0 Å². The zero-order valence-electron chi connectivity index (χ0n) is 19.1. The number of benzene rings is 1. The van der Waals surface area contributed by atoms with Gasteiger partial charge in [-0.05, 0) is 96.3 Å². The van der Waals surface area contributed by atoms with Gasteiger partial charge in [-0.15, -0.1) is 0 Å². The molecule has 6 rings (SSSR count). The molecule has 0 bridgehead atoms. The molecule has 2 fully saturated rings. The van der Waals surface area contributed by atoms with Crippen LogP contribution in [0.3, 0.4) is 0 Å². The number of aromatic nitrogens is 1. The largest absolute Gasteiger partial charge is 0.264 e. The summed E-state index contributed by atoms with van der Waals surface area (Å²) in [4.78, 5) is 4.45. The average Bonchev–Trinajstić information content (AvgIpc) is 3.17. The van der Waals surface area contributed by atoms with Crippen LogP contribution >= 0.6 is 0 Å². The fourth-order valence-electron chi connectivity index (χ4n) is 8.39. The first-order valence-corrected chi connectivity index (χ1v) is 12.5.